The molecule has 132 valence electrons. The van der Waals surface area contributed by atoms with Crippen LogP contribution in [0.15, 0.2) is 16.8 Å². The number of oxazole rings is 1. The van der Waals surface area contributed by atoms with Crippen LogP contribution in [0.4, 0.5) is 5.13 Å². The third-order valence-corrected chi connectivity index (χ3v) is 5.28. The molecule has 6 heteroatoms. The minimum Gasteiger partial charge on any atom is -0.444 e. The molecule has 0 aliphatic heterocycles. The first kappa shape index (κ1) is 17.4. The maximum Gasteiger partial charge on any atom is 0.208 e. The number of hydrogen-bond donors (Lipinski definition) is 2. The molecule has 0 amide bonds. The lowest BCUT2D eigenvalue weighted by molar-refractivity contribution is 0.374. The Hall–Kier alpha value is -1.40. The number of thiazole rings is 1. The van der Waals surface area contributed by atoms with Gasteiger partial charge in [0.25, 0.3) is 0 Å². The lowest BCUT2D eigenvalue weighted by Crippen LogP contribution is -2.21. The Kier molecular flexibility index (Phi) is 5.56. The molecule has 1 aliphatic rings. The predicted octanol–water partition coefficient (Wildman–Crippen LogP) is 4.46. The molecule has 0 spiro atoms. The standard InChI is InChI=1S/C18H28N4OS/c1-18(2,3)15-11-20-16(23-15)12-19-9-14-10-21-17(24-14)22-13-7-5-4-6-8-13/h10-11,13,19H,4-9,12H2,1-3H3,(H,21,22). The van der Waals surface area contributed by atoms with Crippen molar-refractivity contribution in [3.8, 4) is 0 Å². The van der Waals surface area contributed by atoms with Crippen molar-refractivity contribution in [2.75, 3.05) is 5.32 Å². The number of rotatable bonds is 6. The van der Waals surface area contributed by atoms with Crippen LogP contribution < -0.4 is 10.6 Å². The van der Waals surface area contributed by atoms with E-state index in [-0.39, 0.29) is 5.41 Å². The summed E-state index contributed by atoms with van der Waals surface area (Å²) in [6, 6.07) is 0.605. The van der Waals surface area contributed by atoms with E-state index in [2.05, 4.69) is 41.4 Å². The molecular weight excluding hydrogens is 320 g/mol. The lowest BCUT2D eigenvalue weighted by Gasteiger charge is -2.22. The Morgan fingerprint density at radius 3 is 2.62 bits per heavy atom. The minimum atomic E-state index is 0.00259. The van der Waals surface area contributed by atoms with E-state index < -0.39 is 0 Å². The summed E-state index contributed by atoms with van der Waals surface area (Å²) in [7, 11) is 0. The molecule has 2 heterocycles. The zero-order chi connectivity index (χ0) is 17.0. The predicted molar refractivity (Wildman–Crippen MR) is 98.4 cm³/mol. The fourth-order valence-corrected chi connectivity index (χ4v) is 3.77. The Labute approximate surface area is 148 Å². The highest BCUT2D eigenvalue weighted by molar-refractivity contribution is 7.15. The van der Waals surface area contributed by atoms with Gasteiger partial charge in [-0.3, -0.25) is 0 Å². The van der Waals surface area contributed by atoms with Gasteiger partial charge in [0, 0.05) is 29.1 Å². The average molecular weight is 349 g/mol. The van der Waals surface area contributed by atoms with Crippen LogP contribution in [0.5, 0.6) is 0 Å². The lowest BCUT2D eigenvalue weighted by atomic mass is 9.94. The van der Waals surface area contributed by atoms with Gasteiger partial charge < -0.3 is 15.1 Å². The van der Waals surface area contributed by atoms with Crippen molar-refractivity contribution in [2.24, 2.45) is 0 Å². The summed E-state index contributed by atoms with van der Waals surface area (Å²) in [6.07, 6.45) is 10.4. The Morgan fingerprint density at radius 1 is 1.12 bits per heavy atom. The first-order valence-electron chi connectivity index (χ1n) is 8.88. The molecule has 0 unspecified atom stereocenters. The minimum absolute atomic E-state index is 0.00259. The average Bonchev–Trinajstić information content (AvgIpc) is 3.18. The highest BCUT2D eigenvalue weighted by Crippen LogP contribution is 2.25. The third-order valence-electron chi connectivity index (χ3n) is 4.35. The molecule has 3 rings (SSSR count). The van der Waals surface area contributed by atoms with Crippen LogP contribution in [-0.4, -0.2) is 16.0 Å². The molecule has 0 saturated heterocycles. The van der Waals surface area contributed by atoms with Crippen LogP contribution in [0, 0.1) is 0 Å². The topological polar surface area (TPSA) is 63.0 Å². The maximum absolute atomic E-state index is 5.79. The van der Waals surface area contributed by atoms with Crippen molar-refractivity contribution in [1.29, 1.82) is 0 Å². The van der Waals surface area contributed by atoms with Gasteiger partial charge in [0.15, 0.2) is 5.13 Å². The summed E-state index contributed by atoms with van der Waals surface area (Å²) in [5, 5.41) is 8.01. The Morgan fingerprint density at radius 2 is 1.92 bits per heavy atom. The van der Waals surface area contributed by atoms with E-state index in [1.807, 2.05) is 12.4 Å². The van der Waals surface area contributed by atoms with Gasteiger partial charge in [0.05, 0.1) is 12.7 Å². The molecule has 1 fully saturated rings. The van der Waals surface area contributed by atoms with Crippen molar-refractivity contribution >= 4 is 16.5 Å². The van der Waals surface area contributed by atoms with E-state index in [0.29, 0.717) is 12.6 Å². The second-order valence-electron chi connectivity index (χ2n) is 7.58. The number of nitrogens with one attached hydrogen (secondary N) is 2. The molecule has 24 heavy (non-hydrogen) atoms. The zero-order valence-corrected chi connectivity index (χ0v) is 15.7. The molecule has 1 saturated carbocycles. The van der Waals surface area contributed by atoms with Crippen LogP contribution in [0.1, 0.15) is 69.4 Å². The first-order chi connectivity index (χ1) is 11.5. The highest BCUT2D eigenvalue weighted by atomic mass is 32.1. The van der Waals surface area contributed by atoms with Crippen molar-refractivity contribution in [3.63, 3.8) is 0 Å². The summed E-state index contributed by atoms with van der Waals surface area (Å²) in [5.41, 5.74) is 0.00259. The molecule has 0 atom stereocenters. The SMILES string of the molecule is CC(C)(C)c1cnc(CNCc2cnc(NC3CCCCC3)s2)o1. The van der Waals surface area contributed by atoms with Gasteiger partial charge in [-0.1, -0.05) is 40.0 Å². The van der Waals surface area contributed by atoms with Crippen LogP contribution in [0.25, 0.3) is 0 Å². The molecule has 2 aromatic heterocycles. The largest absolute Gasteiger partial charge is 0.444 e. The molecule has 0 aromatic carbocycles. The van der Waals surface area contributed by atoms with E-state index in [4.69, 9.17) is 4.42 Å². The molecule has 5 nitrogen and oxygen atoms in total. The van der Waals surface area contributed by atoms with Gasteiger partial charge in [-0.15, -0.1) is 11.3 Å². The van der Waals surface area contributed by atoms with Crippen molar-refractivity contribution in [2.45, 2.75) is 77.4 Å². The fourth-order valence-electron chi connectivity index (χ4n) is 2.91. The van der Waals surface area contributed by atoms with E-state index >= 15 is 0 Å². The van der Waals surface area contributed by atoms with Gasteiger partial charge in [0.1, 0.15) is 5.76 Å². The van der Waals surface area contributed by atoms with Gasteiger partial charge >= 0.3 is 0 Å². The molecule has 2 N–H and O–H groups in total. The maximum atomic E-state index is 5.79. The van der Waals surface area contributed by atoms with Crippen LogP contribution in [0.3, 0.4) is 0 Å². The van der Waals surface area contributed by atoms with E-state index in [1.165, 1.54) is 37.0 Å². The zero-order valence-electron chi connectivity index (χ0n) is 14.9. The second kappa shape index (κ2) is 7.66. The quantitative estimate of drug-likeness (QED) is 0.807. The van der Waals surface area contributed by atoms with Gasteiger partial charge in [0.2, 0.25) is 5.89 Å². The van der Waals surface area contributed by atoms with Crippen LogP contribution in [-0.2, 0) is 18.5 Å². The molecular formula is C18H28N4OS. The molecule has 0 bridgehead atoms. The highest BCUT2D eigenvalue weighted by Gasteiger charge is 2.19. The summed E-state index contributed by atoms with van der Waals surface area (Å²) >= 11 is 1.74. The van der Waals surface area contributed by atoms with Crippen molar-refractivity contribution in [3.05, 3.63) is 28.9 Å². The van der Waals surface area contributed by atoms with Crippen LogP contribution in [0.2, 0.25) is 0 Å². The Balaban J connectivity index is 1.44. The van der Waals surface area contributed by atoms with Crippen molar-refractivity contribution in [1.82, 2.24) is 15.3 Å². The Bertz CT molecular complexity index is 637. The van der Waals surface area contributed by atoms with Gasteiger partial charge in [-0.25, -0.2) is 9.97 Å². The van der Waals surface area contributed by atoms with E-state index in [0.717, 1.165) is 23.3 Å². The van der Waals surface area contributed by atoms with Gasteiger partial charge in [-0.2, -0.15) is 0 Å². The molecule has 1 aliphatic carbocycles. The number of nitrogens with zero attached hydrogens (tertiary/aromatic N) is 2. The van der Waals surface area contributed by atoms with E-state index in [9.17, 15) is 0 Å². The summed E-state index contributed by atoms with van der Waals surface area (Å²) in [6.45, 7) is 7.81. The smallest absolute Gasteiger partial charge is 0.208 e. The van der Waals surface area contributed by atoms with Gasteiger partial charge in [-0.05, 0) is 12.8 Å². The molecule has 0 radical (unpaired) electrons. The number of aromatic nitrogens is 2. The second-order valence-corrected chi connectivity index (χ2v) is 8.70. The third kappa shape index (κ3) is 4.80. The van der Waals surface area contributed by atoms with E-state index in [1.54, 1.807) is 11.3 Å². The van der Waals surface area contributed by atoms with Crippen LogP contribution >= 0.6 is 11.3 Å². The number of anilines is 1. The molecule has 2 aromatic rings. The number of hydrogen-bond acceptors (Lipinski definition) is 6. The monoisotopic (exact) mass is 348 g/mol. The fraction of sp³-hybridized carbons (Fsp3) is 0.667. The summed E-state index contributed by atoms with van der Waals surface area (Å²) < 4.78 is 5.79. The summed E-state index contributed by atoms with van der Waals surface area (Å²) in [5.74, 6) is 1.67. The summed E-state index contributed by atoms with van der Waals surface area (Å²) in [4.78, 5) is 10.1. The normalized spacial score (nSPS) is 16.5. The van der Waals surface area contributed by atoms with Crippen molar-refractivity contribution < 1.29 is 4.42 Å². The first-order valence-corrected chi connectivity index (χ1v) is 9.69.